The van der Waals surface area contributed by atoms with Crippen LogP contribution in [0, 0.1) is 5.41 Å². The highest BCUT2D eigenvalue weighted by Gasteiger charge is 2.37. The molecule has 1 aliphatic carbocycles. The molecule has 1 N–H and O–H groups in total. The normalized spacial score (nSPS) is 31.7. The van der Waals surface area contributed by atoms with Crippen molar-refractivity contribution in [3.8, 4) is 0 Å². The molecule has 0 spiro atoms. The SMILES string of the molecule is CCCNCC1(CN2CCSC(C)C2C)CCCC1. The van der Waals surface area contributed by atoms with Gasteiger partial charge in [-0.05, 0) is 38.1 Å². The van der Waals surface area contributed by atoms with Crippen molar-refractivity contribution < 1.29 is 0 Å². The molecular weight excluding hydrogens is 252 g/mol. The molecular formula is C16H32N2S. The van der Waals surface area contributed by atoms with Gasteiger partial charge in [0, 0.05) is 36.7 Å². The van der Waals surface area contributed by atoms with E-state index in [9.17, 15) is 0 Å². The van der Waals surface area contributed by atoms with Crippen LogP contribution in [0.1, 0.15) is 52.9 Å². The van der Waals surface area contributed by atoms with E-state index < -0.39 is 0 Å². The molecule has 1 aliphatic heterocycles. The second-order valence-electron chi connectivity index (χ2n) is 6.67. The van der Waals surface area contributed by atoms with E-state index in [2.05, 4.69) is 42.7 Å². The zero-order chi connectivity index (χ0) is 13.7. The third-order valence-electron chi connectivity index (χ3n) is 5.14. The summed E-state index contributed by atoms with van der Waals surface area (Å²) in [5, 5.41) is 4.50. The number of rotatable bonds is 6. The van der Waals surface area contributed by atoms with Crippen LogP contribution >= 0.6 is 11.8 Å². The molecule has 0 aromatic carbocycles. The van der Waals surface area contributed by atoms with Crippen LogP contribution in [0.4, 0.5) is 0 Å². The minimum Gasteiger partial charge on any atom is -0.316 e. The van der Waals surface area contributed by atoms with E-state index in [0.717, 1.165) is 11.3 Å². The molecule has 0 aromatic heterocycles. The lowest BCUT2D eigenvalue weighted by atomic mass is 9.84. The summed E-state index contributed by atoms with van der Waals surface area (Å²) in [6.07, 6.45) is 7.02. The Labute approximate surface area is 124 Å². The number of hydrogen-bond acceptors (Lipinski definition) is 3. The molecule has 1 heterocycles. The van der Waals surface area contributed by atoms with Crippen LogP contribution < -0.4 is 5.32 Å². The maximum absolute atomic E-state index is 3.70. The zero-order valence-corrected chi connectivity index (χ0v) is 13.9. The van der Waals surface area contributed by atoms with Gasteiger partial charge in [0.25, 0.3) is 0 Å². The van der Waals surface area contributed by atoms with Crippen molar-refractivity contribution >= 4 is 11.8 Å². The fraction of sp³-hybridized carbons (Fsp3) is 1.00. The first-order valence-corrected chi connectivity index (χ1v) is 9.28. The molecule has 2 aliphatic rings. The smallest absolute Gasteiger partial charge is 0.0184 e. The lowest BCUT2D eigenvalue weighted by Crippen LogP contribution is -2.51. The van der Waals surface area contributed by atoms with E-state index in [1.54, 1.807) is 0 Å². The van der Waals surface area contributed by atoms with Gasteiger partial charge in [0.1, 0.15) is 0 Å². The highest BCUT2D eigenvalue weighted by atomic mass is 32.2. The van der Waals surface area contributed by atoms with Gasteiger partial charge in [0.15, 0.2) is 0 Å². The van der Waals surface area contributed by atoms with E-state index in [1.165, 1.54) is 64.0 Å². The Morgan fingerprint density at radius 1 is 1.26 bits per heavy atom. The molecule has 1 saturated carbocycles. The van der Waals surface area contributed by atoms with Crippen LogP contribution in [0.25, 0.3) is 0 Å². The lowest BCUT2D eigenvalue weighted by molar-refractivity contribution is 0.117. The Morgan fingerprint density at radius 2 is 2.00 bits per heavy atom. The summed E-state index contributed by atoms with van der Waals surface area (Å²) in [5.74, 6) is 1.32. The molecule has 112 valence electrons. The first-order valence-electron chi connectivity index (χ1n) is 8.23. The Bertz CT molecular complexity index is 263. The molecule has 0 bridgehead atoms. The van der Waals surface area contributed by atoms with Gasteiger partial charge in [-0.25, -0.2) is 0 Å². The Kier molecular flexibility index (Phi) is 6.04. The van der Waals surface area contributed by atoms with E-state index in [-0.39, 0.29) is 0 Å². The first kappa shape index (κ1) is 15.7. The van der Waals surface area contributed by atoms with Crippen LogP contribution in [0.5, 0.6) is 0 Å². The van der Waals surface area contributed by atoms with Crippen LogP contribution in [0.15, 0.2) is 0 Å². The minimum absolute atomic E-state index is 0.575. The van der Waals surface area contributed by atoms with Crippen molar-refractivity contribution in [1.82, 2.24) is 10.2 Å². The average molecular weight is 285 g/mol. The van der Waals surface area contributed by atoms with Crippen LogP contribution in [-0.4, -0.2) is 48.1 Å². The highest BCUT2D eigenvalue weighted by Crippen LogP contribution is 2.40. The largest absolute Gasteiger partial charge is 0.316 e. The third kappa shape index (κ3) is 4.12. The van der Waals surface area contributed by atoms with Gasteiger partial charge in [0.2, 0.25) is 0 Å². The second-order valence-corrected chi connectivity index (χ2v) is 8.16. The summed E-state index contributed by atoms with van der Waals surface area (Å²) in [4.78, 5) is 2.78. The van der Waals surface area contributed by atoms with E-state index in [1.807, 2.05) is 0 Å². The summed E-state index contributed by atoms with van der Waals surface area (Å²) < 4.78 is 0. The third-order valence-corrected chi connectivity index (χ3v) is 6.48. The lowest BCUT2D eigenvalue weighted by Gasteiger charge is -2.43. The van der Waals surface area contributed by atoms with Crippen molar-refractivity contribution in [2.24, 2.45) is 5.41 Å². The average Bonchev–Trinajstić information content (AvgIpc) is 2.84. The summed E-state index contributed by atoms with van der Waals surface area (Å²) >= 11 is 2.15. The summed E-state index contributed by atoms with van der Waals surface area (Å²) in [6.45, 7) is 12.1. The summed E-state index contributed by atoms with van der Waals surface area (Å²) in [6, 6.07) is 0.752. The molecule has 2 unspecified atom stereocenters. The maximum Gasteiger partial charge on any atom is 0.0184 e. The van der Waals surface area contributed by atoms with Crippen molar-refractivity contribution in [3.63, 3.8) is 0 Å². The van der Waals surface area contributed by atoms with Gasteiger partial charge in [-0.2, -0.15) is 11.8 Å². The molecule has 19 heavy (non-hydrogen) atoms. The Balaban J connectivity index is 1.91. The Morgan fingerprint density at radius 3 is 2.68 bits per heavy atom. The fourth-order valence-electron chi connectivity index (χ4n) is 3.70. The number of thioether (sulfide) groups is 1. The Hall–Kier alpha value is 0.270. The molecule has 3 heteroatoms. The van der Waals surface area contributed by atoms with Crippen LogP contribution in [0.2, 0.25) is 0 Å². The van der Waals surface area contributed by atoms with Crippen molar-refractivity contribution in [1.29, 1.82) is 0 Å². The molecule has 0 aromatic rings. The van der Waals surface area contributed by atoms with Gasteiger partial charge in [-0.3, -0.25) is 4.90 Å². The van der Waals surface area contributed by atoms with E-state index >= 15 is 0 Å². The van der Waals surface area contributed by atoms with E-state index in [0.29, 0.717) is 5.41 Å². The fourth-order valence-corrected chi connectivity index (χ4v) is 4.86. The highest BCUT2D eigenvalue weighted by molar-refractivity contribution is 8.00. The summed E-state index contributed by atoms with van der Waals surface area (Å²) in [5.41, 5.74) is 0.575. The van der Waals surface area contributed by atoms with Crippen molar-refractivity contribution in [2.45, 2.75) is 64.2 Å². The van der Waals surface area contributed by atoms with Crippen LogP contribution in [0.3, 0.4) is 0 Å². The quantitative estimate of drug-likeness (QED) is 0.753. The second kappa shape index (κ2) is 7.33. The molecule has 2 fully saturated rings. The number of hydrogen-bond donors (Lipinski definition) is 1. The maximum atomic E-state index is 3.70. The standard InChI is InChI=1S/C16H32N2S/c1-4-9-17-12-16(7-5-6-8-16)13-18-10-11-19-15(3)14(18)2/h14-15,17H,4-13H2,1-3H3. The summed E-state index contributed by atoms with van der Waals surface area (Å²) in [7, 11) is 0. The molecule has 0 radical (unpaired) electrons. The zero-order valence-electron chi connectivity index (χ0n) is 13.1. The van der Waals surface area contributed by atoms with Gasteiger partial charge >= 0.3 is 0 Å². The predicted molar refractivity (Wildman–Crippen MR) is 87.0 cm³/mol. The first-order chi connectivity index (χ1) is 9.17. The topological polar surface area (TPSA) is 15.3 Å². The molecule has 2 nitrogen and oxygen atoms in total. The van der Waals surface area contributed by atoms with Crippen LogP contribution in [-0.2, 0) is 0 Å². The van der Waals surface area contributed by atoms with Gasteiger partial charge in [0.05, 0.1) is 0 Å². The van der Waals surface area contributed by atoms with Gasteiger partial charge in [-0.15, -0.1) is 0 Å². The van der Waals surface area contributed by atoms with Crippen molar-refractivity contribution in [2.75, 3.05) is 31.9 Å². The predicted octanol–water partition coefficient (Wildman–Crippen LogP) is 3.37. The number of nitrogens with zero attached hydrogens (tertiary/aromatic N) is 1. The minimum atomic E-state index is 0.575. The van der Waals surface area contributed by atoms with Crippen molar-refractivity contribution in [3.05, 3.63) is 0 Å². The molecule has 0 amide bonds. The van der Waals surface area contributed by atoms with Gasteiger partial charge in [-0.1, -0.05) is 26.7 Å². The molecule has 2 atom stereocenters. The monoisotopic (exact) mass is 284 g/mol. The molecule has 2 rings (SSSR count). The van der Waals surface area contributed by atoms with E-state index in [4.69, 9.17) is 0 Å². The number of nitrogens with one attached hydrogen (secondary N) is 1. The molecule has 1 saturated heterocycles. The van der Waals surface area contributed by atoms with Gasteiger partial charge < -0.3 is 5.32 Å².